The van der Waals surface area contributed by atoms with Crippen molar-refractivity contribution in [2.45, 2.75) is 10.9 Å². The number of carbonyl (C=O) groups is 1. The maximum Gasteiger partial charge on any atom is 0.230 e. The molecule has 0 aliphatic carbocycles. The summed E-state index contributed by atoms with van der Waals surface area (Å²) in [4.78, 5) is 14.1. The van der Waals surface area contributed by atoms with E-state index >= 15 is 0 Å². The Balaban J connectivity index is 1.84. The van der Waals surface area contributed by atoms with Gasteiger partial charge in [-0.15, -0.1) is 11.8 Å². The third-order valence-corrected chi connectivity index (χ3v) is 4.29. The number of hydrogen-bond acceptors (Lipinski definition) is 4. The highest BCUT2D eigenvalue weighted by molar-refractivity contribution is 8.00. The van der Waals surface area contributed by atoms with Crippen molar-refractivity contribution in [2.75, 3.05) is 26.4 Å². The smallest absolute Gasteiger partial charge is 0.230 e. The van der Waals surface area contributed by atoms with Gasteiger partial charge in [0.1, 0.15) is 17.4 Å². The van der Waals surface area contributed by atoms with Gasteiger partial charge in [0.15, 0.2) is 0 Å². The maximum atomic E-state index is 13.5. The van der Waals surface area contributed by atoms with E-state index in [1.165, 1.54) is 12.1 Å². The summed E-state index contributed by atoms with van der Waals surface area (Å²) in [5, 5.41) is 2.80. The van der Waals surface area contributed by atoms with Crippen LogP contribution in [0.2, 0.25) is 0 Å². The van der Waals surface area contributed by atoms with Gasteiger partial charge in [-0.25, -0.2) is 8.78 Å². The number of hydrogen-bond donors (Lipinski definition) is 1. The van der Waals surface area contributed by atoms with Gasteiger partial charge < -0.3 is 9.73 Å². The minimum atomic E-state index is -0.662. The van der Waals surface area contributed by atoms with Crippen LogP contribution in [0.3, 0.4) is 0 Å². The Morgan fingerprint density at radius 2 is 2.13 bits per heavy atom. The molecule has 0 saturated heterocycles. The molecule has 0 saturated carbocycles. The number of thioether (sulfide) groups is 1. The van der Waals surface area contributed by atoms with E-state index in [9.17, 15) is 13.6 Å². The molecule has 0 aliphatic heterocycles. The van der Waals surface area contributed by atoms with Crippen LogP contribution in [0.15, 0.2) is 45.9 Å². The number of benzene rings is 1. The average molecular weight is 340 g/mol. The quantitative estimate of drug-likeness (QED) is 0.787. The predicted molar refractivity (Wildman–Crippen MR) is 85.2 cm³/mol. The van der Waals surface area contributed by atoms with Crippen LogP contribution < -0.4 is 5.32 Å². The van der Waals surface area contributed by atoms with E-state index in [1.54, 1.807) is 12.3 Å². The van der Waals surface area contributed by atoms with Gasteiger partial charge in [-0.2, -0.15) is 0 Å². The molecule has 1 aromatic heterocycles. The Morgan fingerprint density at radius 1 is 1.35 bits per heavy atom. The summed E-state index contributed by atoms with van der Waals surface area (Å²) in [5.41, 5.74) is 0. The summed E-state index contributed by atoms with van der Waals surface area (Å²) in [7, 11) is 3.78. The summed E-state index contributed by atoms with van der Waals surface area (Å²) in [5.74, 6) is -0.710. The second-order valence-electron chi connectivity index (χ2n) is 5.16. The third kappa shape index (κ3) is 5.07. The number of nitrogens with zero attached hydrogens (tertiary/aromatic N) is 1. The highest BCUT2D eigenvalue weighted by Crippen LogP contribution is 2.22. The molecule has 1 atom stereocenters. The zero-order chi connectivity index (χ0) is 16.8. The lowest BCUT2D eigenvalue weighted by Gasteiger charge is -2.22. The number of nitrogens with one attached hydrogen (secondary N) is 1. The molecular weight excluding hydrogens is 322 g/mol. The number of carbonyl (C=O) groups excluding carboxylic acids is 1. The summed E-state index contributed by atoms with van der Waals surface area (Å²) >= 11 is 1.03. The van der Waals surface area contributed by atoms with Crippen molar-refractivity contribution in [3.8, 4) is 0 Å². The molecule has 0 fully saturated rings. The molecule has 2 aromatic rings. The zero-order valence-electron chi connectivity index (χ0n) is 12.9. The van der Waals surface area contributed by atoms with Crippen molar-refractivity contribution in [3.63, 3.8) is 0 Å². The average Bonchev–Trinajstić information content (AvgIpc) is 3.00. The van der Waals surface area contributed by atoms with Crippen molar-refractivity contribution in [1.82, 2.24) is 10.2 Å². The predicted octanol–water partition coefficient (Wildman–Crippen LogP) is 3.07. The molecule has 7 heteroatoms. The first-order valence-electron chi connectivity index (χ1n) is 7.01. The number of amides is 1. The molecule has 0 bridgehead atoms. The van der Waals surface area contributed by atoms with Crippen molar-refractivity contribution < 1.29 is 18.0 Å². The molecule has 0 spiro atoms. The minimum absolute atomic E-state index is 0.0564. The van der Waals surface area contributed by atoms with Crippen LogP contribution in [0.5, 0.6) is 0 Å². The van der Waals surface area contributed by atoms with E-state index in [1.807, 2.05) is 25.1 Å². The first-order chi connectivity index (χ1) is 11.0. The topological polar surface area (TPSA) is 45.5 Å². The molecule has 1 amide bonds. The third-order valence-electron chi connectivity index (χ3n) is 3.24. The minimum Gasteiger partial charge on any atom is -0.468 e. The monoisotopic (exact) mass is 340 g/mol. The van der Waals surface area contributed by atoms with Crippen molar-refractivity contribution in [2.24, 2.45) is 0 Å². The van der Waals surface area contributed by atoms with Gasteiger partial charge in [-0.1, -0.05) is 0 Å². The van der Waals surface area contributed by atoms with Crippen LogP contribution in [0, 0.1) is 11.6 Å². The Morgan fingerprint density at radius 3 is 2.74 bits per heavy atom. The Kier molecular flexibility index (Phi) is 6.18. The van der Waals surface area contributed by atoms with Gasteiger partial charge in [0.05, 0.1) is 18.1 Å². The molecule has 0 radical (unpaired) electrons. The molecule has 1 unspecified atom stereocenters. The SMILES string of the molecule is CN(C)C(CNC(=O)CSc1ccc(F)cc1F)c1ccco1. The molecule has 23 heavy (non-hydrogen) atoms. The number of rotatable bonds is 7. The van der Waals surface area contributed by atoms with Gasteiger partial charge in [-0.3, -0.25) is 9.69 Å². The van der Waals surface area contributed by atoms with Crippen molar-refractivity contribution in [3.05, 3.63) is 54.0 Å². The lowest BCUT2D eigenvalue weighted by molar-refractivity contribution is -0.118. The van der Waals surface area contributed by atoms with Gasteiger partial charge in [-0.05, 0) is 38.4 Å². The first-order valence-corrected chi connectivity index (χ1v) is 8.00. The van der Waals surface area contributed by atoms with Crippen LogP contribution in [-0.4, -0.2) is 37.2 Å². The fourth-order valence-corrected chi connectivity index (χ4v) is 2.77. The van der Waals surface area contributed by atoms with Gasteiger partial charge in [0.2, 0.25) is 5.91 Å². The van der Waals surface area contributed by atoms with Crippen LogP contribution in [0.1, 0.15) is 11.8 Å². The van der Waals surface area contributed by atoms with Crippen LogP contribution >= 0.6 is 11.8 Å². The molecule has 2 rings (SSSR count). The van der Waals surface area contributed by atoms with Crippen LogP contribution in [0.25, 0.3) is 0 Å². The maximum absolute atomic E-state index is 13.5. The Labute approximate surface area is 137 Å². The van der Waals surface area contributed by atoms with Crippen LogP contribution in [0.4, 0.5) is 8.78 Å². The molecule has 0 aliphatic rings. The number of furan rings is 1. The van der Waals surface area contributed by atoms with Crippen molar-refractivity contribution >= 4 is 17.7 Å². The lowest BCUT2D eigenvalue weighted by atomic mass is 10.2. The van der Waals surface area contributed by atoms with E-state index in [0.29, 0.717) is 6.54 Å². The molecule has 4 nitrogen and oxygen atoms in total. The lowest BCUT2D eigenvalue weighted by Crippen LogP contribution is -2.35. The van der Waals surface area contributed by atoms with E-state index in [-0.39, 0.29) is 22.6 Å². The fraction of sp³-hybridized carbons (Fsp3) is 0.312. The molecular formula is C16H18F2N2O2S. The Hall–Kier alpha value is -1.86. The summed E-state index contributed by atoms with van der Waals surface area (Å²) in [6.45, 7) is 0.381. The molecule has 1 aromatic carbocycles. The van der Waals surface area contributed by atoms with Gasteiger partial charge >= 0.3 is 0 Å². The Bertz CT molecular complexity index is 648. The van der Waals surface area contributed by atoms with E-state index < -0.39 is 11.6 Å². The van der Waals surface area contributed by atoms with Crippen LogP contribution in [-0.2, 0) is 4.79 Å². The second kappa shape index (κ2) is 8.12. The molecule has 1 heterocycles. The standard InChI is InChI=1S/C16H18F2N2O2S/c1-20(2)13(14-4-3-7-22-14)9-19-16(21)10-23-15-6-5-11(17)8-12(15)18/h3-8,13H,9-10H2,1-2H3,(H,19,21). The molecule has 1 N–H and O–H groups in total. The number of likely N-dealkylation sites (N-methyl/N-ethyl adjacent to an activating group) is 1. The summed E-state index contributed by atoms with van der Waals surface area (Å²) in [6, 6.07) is 6.86. The van der Waals surface area contributed by atoms with E-state index in [4.69, 9.17) is 4.42 Å². The number of halogens is 2. The van der Waals surface area contributed by atoms with Gasteiger partial charge in [0.25, 0.3) is 0 Å². The zero-order valence-corrected chi connectivity index (χ0v) is 13.7. The largest absolute Gasteiger partial charge is 0.468 e. The molecule has 124 valence electrons. The second-order valence-corrected chi connectivity index (χ2v) is 6.18. The normalized spacial score (nSPS) is 12.4. The highest BCUT2D eigenvalue weighted by Gasteiger charge is 2.18. The summed E-state index contributed by atoms with van der Waals surface area (Å²) in [6.07, 6.45) is 1.58. The van der Waals surface area contributed by atoms with E-state index in [0.717, 1.165) is 23.6 Å². The first kappa shape index (κ1) is 17.5. The highest BCUT2D eigenvalue weighted by atomic mass is 32.2. The van der Waals surface area contributed by atoms with E-state index in [2.05, 4.69) is 5.32 Å². The van der Waals surface area contributed by atoms with Crippen molar-refractivity contribution in [1.29, 1.82) is 0 Å². The van der Waals surface area contributed by atoms with Gasteiger partial charge in [0, 0.05) is 17.5 Å². The summed E-state index contributed by atoms with van der Waals surface area (Å²) < 4.78 is 31.7. The fourth-order valence-electron chi connectivity index (χ4n) is 2.02.